The third kappa shape index (κ3) is 4.60. The first-order valence-corrected chi connectivity index (χ1v) is 17.8. The lowest BCUT2D eigenvalue weighted by Gasteiger charge is -2.73. The largest absolute Gasteiger partial charge is 0.462 e. The van der Waals surface area contributed by atoms with E-state index in [-0.39, 0.29) is 44.9 Å². The van der Waals surface area contributed by atoms with Crippen LogP contribution in [0.2, 0.25) is 0 Å². The number of esters is 1. The minimum absolute atomic E-state index is 0.0193. The van der Waals surface area contributed by atoms with Crippen molar-refractivity contribution in [1.82, 2.24) is 0 Å². The second-order valence-electron chi connectivity index (χ2n) is 17.5. The van der Waals surface area contributed by atoms with Crippen molar-refractivity contribution in [2.75, 3.05) is 0 Å². The number of hydrogen-bond donors (Lipinski definition) is 0. The first-order valence-electron chi connectivity index (χ1n) is 17.8. The molecule has 0 radical (unpaired) electrons. The van der Waals surface area contributed by atoms with Crippen molar-refractivity contribution in [1.29, 1.82) is 0 Å². The third-order valence-corrected chi connectivity index (χ3v) is 15.3. The van der Waals surface area contributed by atoms with Gasteiger partial charge in [-0.2, -0.15) is 0 Å². The van der Waals surface area contributed by atoms with Gasteiger partial charge in [-0.1, -0.05) is 55.4 Å². The van der Waals surface area contributed by atoms with Crippen molar-refractivity contribution in [3.8, 4) is 0 Å². The summed E-state index contributed by atoms with van der Waals surface area (Å²) in [4.78, 5) is 38.5. The van der Waals surface area contributed by atoms with Gasteiger partial charge in [0.25, 0.3) is 0 Å². The van der Waals surface area contributed by atoms with E-state index < -0.39 is 0 Å². The molecule has 42 heavy (non-hydrogen) atoms. The first kappa shape index (κ1) is 32.2. The zero-order chi connectivity index (χ0) is 30.9. The molecule has 10 atom stereocenters. The monoisotopic (exact) mass is 582 g/mol. The standard InChI is InChI=1S/C38H62O4/c1-10-11-32(41)42-31-18-19-35(7)28(34(31,5)6)17-20-37(9)29(35)14-13-27-33-26(24(2)3)16-21-38(33,23-22-36(27,37)8)30(40)15-12-25(4)39/h24,26-29,31,33H,10-23H2,1-9H3/t26?,27?,28?,29?,31-,33?,35+,36-,37-,38-/m1/s1. The Kier molecular flexibility index (Phi) is 8.44. The zero-order valence-corrected chi connectivity index (χ0v) is 28.6. The Labute approximate surface area is 257 Å². The molecule has 0 saturated heterocycles. The van der Waals surface area contributed by atoms with Gasteiger partial charge in [-0.05, 0) is 129 Å². The minimum atomic E-state index is -0.207. The second-order valence-corrected chi connectivity index (χ2v) is 17.5. The van der Waals surface area contributed by atoms with Crippen molar-refractivity contribution in [3.63, 3.8) is 0 Å². The fraction of sp³-hybridized carbons (Fsp3) is 0.921. The Morgan fingerprint density at radius 1 is 0.762 bits per heavy atom. The average Bonchev–Trinajstić information content (AvgIpc) is 3.31. The topological polar surface area (TPSA) is 60.4 Å². The molecule has 0 aliphatic heterocycles. The summed E-state index contributed by atoms with van der Waals surface area (Å²) in [7, 11) is 0. The lowest BCUT2D eigenvalue weighted by molar-refractivity contribution is -0.250. The maximum atomic E-state index is 14.1. The molecule has 0 spiro atoms. The number of Topliss-reactive ketones (excluding diaryl/α,β-unsaturated/α-hetero) is 2. The van der Waals surface area contributed by atoms with Crippen LogP contribution in [0.5, 0.6) is 0 Å². The molecule has 0 N–H and O–H groups in total. The van der Waals surface area contributed by atoms with Gasteiger partial charge >= 0.3 is 5.97 Å². The molecule has 0 aromatic heterocycles. The third-order valence-electron chi connectivity index (χ3n) is 15.3. The summed E-state index contributed by atoms with van der Waals surface area (Å²) in [5.74, 6) is 4.00. The van der Waals surface area contributed by atoms with E-state index in [9.17, 15) is 14.4 Å². The molecule has 4 nitrogen and oxygen atoms in total. The van der Waals surface area contributed by atoms with Crippen molar-refractivity contribution in [3.05, 3.63) is 0 Å². The smallest absolute Gasteiger partial charge is 0.306 e. The molecule has 5 rings (SSSR count). The minimum Gasteiger partial charge on any atom is -0.462 e. The molecule has 5 aliphatic rings. The molecule has 0 aromatic carbocycles. The number of ether oxygens (including phenoxy) is 1. The molecule has 4 heteroatoms. The van der Waals surface area contributed by atoms with Gasteiger partial charge in [0.15, 0.2) is 0 Å². The Balaban J connectivity index is 1.46. The number of rotatable bonds is 8. The number of carbonyl (C=O) groups excluding carboxylic acids is 3. The summed E-state index contributed by atoms with van der Waals surface area (Å²) in [5.41, 5.74) is 0.500. The van der Waals surface area contributed by atoms with E-state index in [4.69, 9.17) is 4.74 Å². The van der Waals surface area contributed by atoms with E-state index in [1.165, 1.54) is 32.1 Å². The Morgan fingerprint density at radius 2 is 1.48 bits per heavy atom. The molecule has 0 heterocycles. The van der Waals surface area contributed by atoms with Gasteiger partial charge in [0.2, 0.25) is 0 Å². The summed E-state index contributed by atoms with van der Waals surface area (Å²) in [6, 6.07) is 0. The van der Waals surface area contributed by atoms with E-state index in [1.807, 2.05) is 0 Å². The molecule has 5 unspecified atom stereocenters. The summed E-state index contributed by atoms with van der Waals surface area (Å²) in [6.45, 7) is 21.2. The summed E-state index contributed by atoms with van der Waals surface area (Å²) < 4.78 is 6.17. The lowest BCUT2D eigenvalue weighted by Crippen LogP contribution is -2.67. The highest BCUT2D eigenvalue weighted by Crippen LogP contribution is 2.77. The quantitative estimate of drug-likeness (QED) is 0.268. The van der Waals surface area contributed by atoms with Gasteiger partial charge in [-0.15, -0.1) is 0 Å². The highest BCUT2D eigenvalue weighted by atomic mass is 16.5. The molecule has 0 amide bonds. The lowest BCUT2D eigenvalue weighted by atomic mass is 9.32. The fourth-order valence-corrected chi connectivity index (χ4v) is 13.0. The van der Waals surface area contributed by atoms with Crippen LogP contribution in [0.15, 0.2) is 0 Å². The maximum Gasteiger partial charge on any atom is 0.306 e. The van der Waals surface area contributed by atoms with E-state index in [2.05, 4.69) is 55.4 Å². The number of ketones is 2. The van der Waals surface area contributed by atoms with Gasteiger partial charge in [0.1, 0.15) is 17.7 Å². The summed E-state index contributed by atoms with van der Waals surface area (Å²) in [6.07, 6.45) is 13.7. The molecular weight excluding hydrogens is 520 g/mol. The summed E-state index contributed by atoms with van der Waals surface area (Å²) >= 11 is 0. The van der Waals surface area contributed by atoms with Crippen molar-refractivity contribution in [2.45, 2.75) is 158 Å². The van der Waals surface area contributed by atoms with E-state index in [0.29, 0.717) is 60.6 Å². The Bertz CT molecular complexity index is 1070. The predicted molar refractivity (Wildman–Crippen MR) is 169 cm³/mol. The molecule has 238 valence electrons. The van der Waals surface area contributed by atoms with Crippen LogP contribution in [0.4, 0.5) is 0 Å². The van der Waals surface area contributed by atoms with Crippen molar-refractivity contribution >= 4 is 17.5 Å². The Hall–Kier alpha value is -1.19. The van der Waals surface area contributed by atoms with E-state index in [0.717, 1.165) is 38.5 Å². The first-order chi connectivity index (χ1) is 19.6. The van der Waals surface area contributed by atoms with Crippen LogP contribution in [0.25, 0.3) is 0 Å². The molecule has 5 aliphatic carbocycles. The van der Waals surface area contributed by atoms with Crippen molar-refractivity contribution < 1.29 is 19.1 Å². The average molecular weight is 583 g/mol. The van der Waals surface area contributed by atoms with Crippen LogP contribution in [0.1, 0.15) is 152 Å². The molecular formula is C38H62O4. The maximum absolute atomic E-state index is 14.1. The van der Waals surface area contributed by atoms with E-state index in [1.54, 1.807) is 6.92 Å². The van der Waals surface area contributed by atoms with Crippen LogP contribution in [-0.2, 0) is 19.1 Å². The number of fused-ring (bicyclic) bond motifs is 7. The fourth-order valence-electron chi connectivity index (χ4n) is 13.0. The van der Waals surface area contributed by atoms with Gasteiger partial charge < -0.3 is 9.53 Å². The van der Waals surface area contributed by atoms with Crippen LogP contribution in [-0.4, -0.2) is 23.6 Å². The highest BCUT2D eigenvalue weighted by molar-refractivity contribution is 5.89. The number of carbonyl (C=O) groups is 3. The van der Waals surface area contributed by atoms with Gasteiger partial charge in [0.05, 0.1) is 0 Å². The van der Waals surface area contributed by atoms with Gasteiger partial charge in [-0.3, -0.25) is 9.59 Å². The molecule has 5 fully saturated rings. The zero-order valence-electron chi connectivity index (χ0n) is 28.6. The number of hydrogen-bond acceptors (Lipinski definition) is 4. The van der Waals surface area contributed by atoms with Crippen LogP contribution in [0.3, 0.4) is 0 Å². The van der Waals surface area contributed by atoms with Crippen LogP contribution >= 0.6 is 0 Å². The highest BCUT2D eigenvalue weighted by Gasteiger charge is 2.71. The SMILES string of the molecule is CCCC(=O)O[C@@H]1CC[C@@]2(C)C(CC[C@]3(C)C2CCC2C4C(C(C)C)CC[C@]4(C(=O)CCC(C)=O)CC[C@]23C)C1(C)C. The van der Waals surface area contributed by atoms with Crippen molar-refractivity contribution in [2.24, 2.45) is 62.6 Å². The second kappa shape index (κ2) is 11.0. The Morgan fingerprint density at radius 3 is 2.12 bits per heavy atom. The normalized spacial score (nSPS) is 45.8. The van der Waals surface area contributed by atoms with Crippen LogP contribution in [0, 0.1) is 62.6 Å². The van der Waals surface area contributed by atoms with Gasteiger partial charge in [-0.25, -0.2) is 0 Å². The molecule has 0 bridgehead atoms. The predicted octanol–water partition coefficient (Wildman–Crippen LogP) is 9.37. The van der Waals surface area contributed by atoms with Crippen LogP contribution < -0.4 is 0 Å². The molecule has 0 aromatic rings. The van der Waals surface area contributed by atoms with E-state index >= 15 is 0 Å². The van der Waals surface area contributed by atoms with Gasteiger partial charge in [0, 0.05) is 30.1 Å². The molecule has 5 saturated carbocycles. The summed E-state index contributed by atoms with van der Waals surface area (Å²) in [5, 5.41) is 0.